The highest BCUT2D eigenvalue weighted by Crippen LogP contribution is 2.23. The van der Waals surface area contributed by atoms with E-state index in [1.165, 1.54) is 18.3 Å². The van der Waals surface area contributed by atoms with Crippen molar-refractivity contribution in [3.05, 3.63) is 29.8 Å². The van der Waals surface area contributed by atoms with Crippen LogP contribution in [0.25, 0.3) is 0 Å². The minimum Gasteiger partial charge on any atom is -0.357 e. The van der Waals surface area contributed by atoms with Crippen molar-refractivity contribution in [1.82, 2.24) is 15.2 Å². The first-order valence-electron chi connectivity index (χ1n) is 7.62. The van der Waals surface area contributed by atoms with Crippen molar-refractivity contribution in [3.8, 4) is 0 Å². The van der Waals surface area contributed by atoms with Crippen molar-refractivity contribution in [3.63, 3.8) is 0 Å². The average Bonchev–Trinajstić information content (AvgIpc) is 2.48. The molecule has 0 spiro atoms. The molecule has 0 aliphatic carbocycles. The van der Waals surface area contributed by atoms with E-state index < -0.39 is 20.4 Å². The first kappa shape index (κ1) is 21.1. The number of guanidine groups is 1. The Balaban J connectivity index is 0.00000288. The number of nitrogens with zero attached hydrogens (tertiary/aromatic N) is 3. The molecule has 0 aromatic carbocycles. The van der Waals surface area contributed by atoms with Crippen molar-refractivity contribution in [2.45, 2.75) is 32.1 Å². The molecule has 1 aromatic rings. The predicted octanol–water partition coefficient (Wildman–Crippen LogP) is 1.81. The summed E-state index contributed by atoms with van der Waals surface area (Å²) < 4.78 is 37.0. The van der Waals surface area contributed by atoms with Crippen molar-refractivity contribution in [1.29, 1.82) is 0 Å². The smallest absolute Gasteiger partial charge is 0.194 e. The summed E-state index contributed by atoms with van der Waals surface area (Å²) in [6, 6.07) is 2.88. The van der Waals surface area contributed by atoms with E-state index in [2.05, 4.69) is 15.3 Å². The molecule has 2 heterocycles. The fraction of sp³-hybridized carbons (Fsp3) is 0.600. The molecular formula is C15H24FIN4O2S. The Bertz CT molecular complexity index is 694. The molecule has 1 aliphatic rings. The first-order chi connectivity index (χ1) is 10.8. The summed E-state index contributed by atoms with van der Waals surface area (Å²) in [4.78, 5) is 10.3. The molecule has 24 heavy (non-hydrogen) atoms. The van der Waals surface area contributed by atoms with E-state index in [4.69, 9.17) is 0 Å². The number of hydrogen-bond donors (Lipinski definition) is 1. The molecule has 9 heteroatoms. The molecule has 0 atom stereocenters. The number of aromatic nitrogens is 1. The summed E-state index contributed by atoms with van der Waals surface area (Å²) in [5, 5.41) is 3.14. The average molecular weight is 470 g/mol. The lowest BCUT2D eigenvalue weighted by atomic mass is 10.2. The van der Waals surface area contributed by atoms with Gasteiger partial charge in [-0.2, -0.15) is 0 Å². The molecule has 0 amide bonds. The van der Waals surface area contributed by atoms with Gasteiger partial charge in [-0.25, -0.2) is 17.8 Å². The molecule has 0 saturated carbocycles. The molecule has 1 aliphatic heterocycles. The van der Waals surface area contributed by atoms with Gasteiger partial charge in [0.1, 0.15) is 5.82 Å². The van der Waals surface area contributed by atoms with E-state index >= 15 is 0 Å². The van der Waals surface area contributed by atoms with Gasteiger partial charge in [0.15, 0.2) is 15.8 Å². The van der Waals surface area contributed by atoms with Crippen LogP contribution in [-0.2, 0) is 16.4 Å². The molecule has 0 bridgehead atoms. The van der Waals surface area contributed by atoms with Gasteiger partial charge in [-0.3, -0.25) is 4.98 Å². The van der Waals surface area contributed by atoms with Crippen molar-refractivity contribution < 1.29 is 12.8 Å². The maximum absolute atomic E-state index is 13.6. The maximum Gasteiger partial charge on any atom is 0.194 e. The highest BCUT2D eigenvalue weighted by atomic mass is 127. The zero-order valence-electron chi connectivity index (χ0n) is 14.1. The van der Waals surface area contributed by atoms with E-state index in [0.29, 0.717) is 25.6 Å². The fourth-order valence-corrected chi connectivity index (χ4v) is 3.80. The standard InChI is InChI=1S/C15H23FN4O2S.HI/c1-4-17-14(19-10-13-12(16)6-5-7-18-13)20-8-9-23(21,22)15(2,3)11-20;/h5-7H,4,8-11H2,1-3H3,(H,17,19);1H. The summed E-state index contributed by atoms with van der Waals surface area (Å²) in [6.07, 6.45) is 1.53. The predicted molar refractivity (Wildman–Crippen MR) is 104 cm³/mol. The third-order valence-electron chi connectivity index (χ3n) is 3.89. The minimum absolute atomic E-state index is 0. The second-order valence-corrected chi connectivity index (χ2v) is 8.85. The van der Waals surface area contributed by atoms with Gasteiger partial charge in [-0.1, -0.05) is 0 Å². The second-order valence-electron chi connectivity index (χ2n) is 6.10. The second kappa shape index (κ2) is 8.41. The van der Waals surface area contributed by atoms with Crippen LogP contribution in [0.15, 0.2) is 23.3 Å². The van der Waals surface area contributed by atoms with Gasteiger partial charge in [-0.05, 0) is 32.9 Å². The summed E-state index contributed by atoms with van der Waals surface area (Å²) in [7, 11) is -3.11. The molecule has 1 N–H and O–H groups in total. The van der Waals surface area contributed by atoms with Crippen LogP contribution in [0.2, 0.25) is 0 Å². The Morgan fingerprint density at radius 2 is 2.21 bits per heavy atom. The molecule has 136 valence electrons. The number of nitrogens with one attached hydrogen (secondary N) is 1. The minimum atomic E-state index is -3.11. The fourth-order valence-electron chi connectivity index (χ4n) is 2.43. The SMILES string of the molecule is CCNC(=NCc1ncccc1F)N1CCS(=O)(=O)C(C)(C)C1.I. The Morgan fingerprint density at radius 1 is 1.50 bits per heavy atom. The van der Waals surface area contributed by atoms with Gasteiger partial charge in [0.2, 0.25) is 0 Å². The summed E-state index contributed by atoms with van der Waals surface area (Å²) in [5.41, 5.74) is 0.270. The summed E-state index contributed by atoms with van der Waals surface area (Å²) >= 11 is 0. The van der Waals surface area contributed by atoms with Gasteiger partial charge < -0.3 is 10.2 Å². The number of hydrogen-bond acceptors (Lipinski definition) is 4. The Hall–Kier alpha value is -0.970. The normalized spacial score (nSPS) is 19.5. The molecule has 0 unspecified atom stereocenters. The Labute approximate surface area is 159 Å². The van der Waals surface area contributed by atoms with Gasteiger partial charge in [0.25, 0.3) is 0 Å². The van der Waals surface area contributed by atoms with Gasteiger partial charge in [0, 0.05) is 25.8 Å². The number of rotatable bonds is 3. The topological polar surface area (TPSA) is 74.7 Å². The number of pyridine rings is 1. The van der Waals surface area contributed by atoms with E-state index in [9.17, 15) is 12.8 Å². The van der Waals surface area contributed by atoms with E-state index in [1.54, 1.807) is 13.8 Å². The van der Waals surface area contributed by atoms with Crippen LogP contribution >= 0.6 is 24.0 Å². The van der Waals surface area contributed by atoms with E-state index in [0.717, 1.165) is 0 Å². The largest absolute Gasteiger partial charge is 0.357 e. The monoisotopic (exact) mass is 470 g/mol. The van der Waals surface area contributed by atoms with Crippen LogP contribution < -0.4 is 5.32 Å². The highest BCUT2D eigenvalue weighted by Gasteiger charge is 2.40. The van der Waals surface area contributed by atoms with Crippen LogP contribution in [0.3, 0.4) is 0 Å². The van der Waals surface area contributed by atoms with Gasteiger partial charge in [0.05, 0.1) is 22.7 Å². The van der Waals surface area contributed by atoms with Crippen LogP contribution in [0.4, 0.5) is 4.39 Å². The van der Waals surface area contributed by atoms with Crippen LogP contribution in [-0.4, -0.2) is 54.4 Å². The molecule has 6 nitrogen and oxygen atoms in total. The lowest BCUT2D eigenvalue weighted by Crippen LogP contribution is -2.57. The van der Waals surface area contributed by atoms with E-state index in [-0.39, 0.29) is 42.0 Å². The zero-order valence-corrected chi connectivity index (χ0v) is 17.3. The van der Waals surface area contributed by atoms with Crippen molar-refractivity contribution in [2.24, 2.45) is 4.99 Å². The zero-order chi connectivity index (χ0) is 17.1. The van der Waals surface area contributed by atoms with Gasteiger partial charge in [-0.15, -0.1) is 24.0 Å². The van der Waals surface area contributed by atoms with Gasteiger partial charge >= 0.3 is 0 Å². The Kier molecular flexibility index (Phi) is 7.39. The molecule has 1 saturated heterocycles. The molecule has 0 radical (unpaired) electrons. The lowest BCUT2D eigenvalue weighted by molar-refractivity contribution is 0.353. The Morgan fingerprint density at radius 3 is 2.79 bits per heavy atom. The lowest BCUT2D eigenvalue weighted by Gasteiger charge is -2.39. The molecule has 1 fully saturated rings. The first-order valence-corrected chi connectivity index (χ1v) is 9.27. The number of sulfone groups is 1. The van der Waals surface area contributed by atoms with Crippen LogP contribution in [0, 0.1) is 5.82 Å². The quantitative estimate of drug-likeness (QED) is 0.415. The number of halogens is 2. The molecule has 2 rings (SSSR count). The van der Waals surface area contributed by atoms with E-state index in [1.807, 2.05) is 11.8 Å². The maximum atomic E-state index is 13.6. The third-order valence-corrected chi connectivity index (χ3v) is 6.42. The van der Waals surface area contributed by atoms with Crippen LogP contribution in [0.5, 0.6) is 0 Å². The number of aliphatic imine (C=N–C) groups is 1. The summed E-state index contributed by atoms with van der Waals surface area (Å²) in [5.74, 6) is 0.275. The van der Waals surface area contributed by atoms with Crippen molar-refractivity contribution >= 4 is 39.8 Å². The highest BCUT2D eigenvalue weighted by molar-refractivity contribution is 14.0. The van der Waals surface area contributed by atoms with Crippen molar-refractivity contribution in [2.75, 3.05) is 25.4 Å². The summed E-state index contributed by atoms with van der Waals surface area (Å²) in [6.45, 7) is 6.86. The molecular weight excluding hydrogens is 446 g/mol. The van der Waals surface area contributed by atoms with Crippen LogP contribution in [0.1, 0.15) is 26.5 Å². The third kappa shape index (κ3) is 4.78. The molecule has 1 aromatic heterocycles.